The molecule has 0 aromatic heterocycles. The number of ether oxygens (including phenoxy) is 1. The maximum atomic E-state index is 12.1. The number of carbonyl (C=O) groups excluding carboxylic acids is 1. The molecule has 21 heavy (non-hydrogen) atoms. The number of carbonyl (C=O) groups is 1. The summed E-state index contributed by atoms with van der Waals surface area (Å²) in [4.78, 5) is 12.1. The molecule has 2 aromatic rings. The Bertz CT molecular complexity index is 590. The molecule has 1 amide bonds. The second kappa shape index (κ2) is 7.60. The fourth-order valence-corrected chi connectivity index (χ4v) is 2.15. The summed E-state index contributed by atoms with van der Waals surface area (Å²) in [5.74, 6) is -0.0625. The minimum Gasteiger partial charge on any atom is -0.380 e. The molecule has 2 rings (SSSR count). The minimum absolute atomic E-state index is 0.0625. The molecule has 0 aliphatic rings. The largest absolute Gasteiger partial charge is 0.380 e. The van der Waals surface area contributed by atoms with Gasteiger partial charge in [-0.2, -0.15) is 0 Å². The number of aryl methyl sites for hydroxylation is 1. The molecule has 1 N–H and O–H groups in total. The summed E-state index contributed by atoms with van der Waals surface area (Å²) in [6.07, 6.45) is 1.03. The molecule has 0 unspecified atom stereocenters. The molecule has 0 aliphatic heterocycles. The molecule has 0 bridgehead atoms. The molecule has 0 radical (unpaired) electrons. The van der Waals surface area contributed by atoms with Crippen LogP contribution in [0.1, 0.15) is 34.0 Å². The summed E-state index contributed by atoms with van der Waals surface area (Å²) in [7, 11) is 1.65. The fourth-order valence-electron chi connectivity index (χ4n) is 2.15. The van der Waals surface area contributed by atoms with E-state index in [-0.39, 0.29) is 5.91 Å². The van der Waals surface area contributed by atoms with Gasteiger partial charge in [0.1, 0.15) is 0 Å². The van der Waals surface area contributed by atoms with Crippen molar-refractivity contribution >= 4 is 5.91 Å². The van der Waals surface area contributed by atoms with Crippen molar-refractivity contribution in [1.82, 2.24) is 5.32 Å². The van der Waals surface area contributed by atoms with Gasteiger partial charge >= 0.3 is 0 Å². The van der Waals surface area contributed by atoms with Gasteiger partial charge < -0.3 is 10.1 Å². The zero-order chi connectivity index (χ0) is 15.1. The van der Waals surface area contributed by atoms with E-state index in [1.807, 2.05) is 24.3 Å². The van der Waals surface area contributed by atoms with E-state index in [1.54, 1.807) is 7.11 Å². The van der Waals surface area contributed by atoms with Crippen molar-refractivity contribution in [2.45, 2.75) is 26.5 Å². The van der Waals surface area contributed by atoms with Crippen LogP contribution in [0.5, 0.6) is 0 Å². The zero-order valence-electron chi connectivity index (χ0n) is 12.6. The third kappa shape index (κ3) is 4.43. The molecule has 0 saturated carbocycles. The summed E-state index contributed by atoms with van der Waals surface area (Å²) in [6, 6.07) is 15.8. The van der Waals surface area contributed by atoms with Gasteiger partial charge in [0.15, 0.2) is 0 Å². The summed E-state index contributed by atoms with van der Waals surface area (Å²) < 4.78 is 5.08. The van der Waals surface area contributed by atoms with Crippen LogP contribution in [-0.4, -0.2) is 13.0 Å². The van der Waals surface area contributed by atoms with Crippen molar-refractivity contribution in [3.63, 3.8) is 0 Å². The van der Waals surface area contributed by atoms with E-state index in [0.717, 1.165) is 17.5 Å². The highest BCUT2D eigenvalue weighted by molar-refractivity contribution is 5.94. The van der Waals surface area contributed by atoms with E-state index < -0.39 is 0 Å². The highest BCUT2D eigenvalue weighted by Gasteiger charge is 2.06. The first kappa shape index (κ1) is 15.3. The van der Waals surface area contributed by atoms with E-state index >= 15 is 0 Å². The number of amides is 1. The summed E-state index contributed by atoms with van der Waals surface area (Å²) in [5.41, 5.74) is 4.07. The number of hydrogen-bond acceptors (Lipinski definition) is 2. The molecule has 0 heterocycles. The van der Waals surface area contributed by atoms with E-state index in [1.165, 1.54) is 5.56 Å². The monoisotopic (exact) mass is 283 g/mol. The number of rotatable bonds is 6. The molecule has 0 saturated heterocycles. The summed E-state index contributed by atoms with van der Waals surface area (Å²) >= 11 is 0. The van der Waals surface area contributed by atoms with Gasteiger partial charge in [0.25, 0.3) is 5.91 Å². The SMILES string of the molecule is CCc1ccc(CNC(=O)c2cccc(COC)c2)cc1. The average Bonchev–Trinajstić information content (AvgIpc) is 2.53. The van der Waals surface area contributed by atoms with Crippen molar-refractivity contribution in [3.05, 3.63) is 70.8 Å². The van der Waals surface area contributed by atoms with Gasteiger partial charge in [-0.1, -0.05) is 43.3 Å². The summed E-state index contributed by atoms with van der Waals surface area (Å²) in [5, 5.41) is 2.94. The van der Waals surface area contributed by atoms with Crippen LogP contribution in [0.15, 0.2) is 48.5 Å². The van der Waals surface area contributed by atoms with Gasteiger partial charge in [-0.25, -0.2) is 0 Å². The normalized spacial score (nSPS) is 10.4. The Kier molecular flexibility index (Phi) is 5.52. The lowest BCUT2D eigenvalue weighted by Gasteiger charge is -2.07. The Morgan fingerprint density at radius 3 is 2.43 bits per heavy atom. The van der Waals surface area contributed by atoms with Gasteiger partial charge in [-0.3, -0.25) is 4.79 Å². The maximum Gasteiger partial charge on any atom is 0.251 e. The standard InChI is InChI=1S/C18H21NO2/c1-3-14-7-9-15(10-8-14)12-19-18(20)17-6-4-5-16(11-17)13-21-2/h4-11H,3,12-13H2,1-2H3,(H,19,20). The van der Waals surface area contributed by atoms with Crippen molar-refractivity contribution in [2.75, 3.05) is 7.11 Å². The molecule has 110 valence electrons. The molecule has 0 fully saturated rings. The Morgan fingerprint density at radius 1 is 1.05 bits per heavy atom. The maximum absolute atomic E-state index is 12.1. The number of benzene rings is 2. The van der Waals surface area contributed by atoms with Gasteiger partial charge in [0.2, 0.25) is 0 Å². The molecule has 0 spiro atoms. The van der Waals surface area contributed by atoms with Crippen molar-refractivity contribution in [2.24, 2.45) is 0 Å². The first-order valence-corrected chi connectivity index (χ1v) is 7.17. The van der Waals surface area contributed by atoms with Crippen molar-refractivity contribution < 1.29 is 9.53 Å². The van der Waals surface area contributed by atoms with Crippen LogP contribution >= 0.6 is 0 Å². The Morgan fingerprint density at radius 2 is 1.76 bits per heavy atom. The van der Waals surface area contributed by atoms with Crippen LogP contribution in [0.4, 0.5) is 0 Å². The minimum atomic E-state index is -0.0625. The molecule has 0 atom stereocenters. The van der Waals surface area contributed by atoms with Crippen molar-refractivity contribution in [3.8, 4) is 0 Å². The third-order valence-electron chi connectivity index (χ3n) is 3.38. The van der Waals surface area contributed by atoms with Gasteiger partial charge in [0, 0.05) is 19.2 Å². The van der Waals surface area contributed by atoms with Crippen LogP contribution < -0.4 is 5.32 Å². The van der Waals surface area contributed by atoms with E-state index in [9.17, 15) is 4.79 Å². The van der Waals surface area contributed by atoms with Crippen LogP contribution in [0.2, 0.25) is 0 Å². The topological polar surface area (TPSA) is 38.3 Å². The Hall–Kier alpha value is -2.13. The average molecular weight is 283 g/mol. The van der Waals surface area contributed by atoms with Crippen LogP contribution in [0.3, 0.4) is 0 Å². The predicted octanol–water partition coefficient (Wildman–Crippen LogP) is 3.33. The highest BCUT2D eigenvalue weighted by atomic mass is 16.5. The lowest BCUT2D eigenvalue weighted by Crippen LogP contribution is -2.22. The van der Waals surface area contributed by atoms with Crippen molar-refractivity contribution in [1.29, 1.82) is 0 Å². The van der Waals surface area contributed by atoms with Gasteiger partial charge in [0.05, 0.1) is 6.61 Å². The second-order valence-electron chi connectivity index (χ2n) is 4.99. The molecular formula is C18H21NO2. The molecule has 0 aliphatic carbocycles. The number of methoxy groups -OCH3 is 1. The number of hydrogen-bond donors (Lipinski definition) is 1. The quantitative estimate of drug-likeness (QED) is 0.883. The van der Waals surface area contributed by atoms with E-state index in [2.05, 4.69) is 36.5 Å². The van der Waals surface area contributed by atoms with Crippen LogP contribution in [0.25, 0.3) is 0 Å². The smallest absolute Gasteiger partial charge is 0.251 e. The second-order valence-corrected chi connectivity index (χ2v) is 4.99. The van der Waals surface area contributed by atoms with Crippen LogP contribution in [-0.2, 0) is 24.3 Å². The molecular weight excluding hydrogens is 262 g/mol. The third-order valence-corrected chi connectivity index (χ3v) is 3.38. The van der Waals surface area contributed by atoms with E-state index in [0.29, 0.717) is 18.7 Å². The summed E-state index contributed by atoms with van der Waals surface area (Å²) in [6.45, 7) is 3.18. The van der Waals surface area contributed by atoms with Crippen LogP contribution in [0, 0.1) is 0 Å². The van der Waals surface area contributed by atoms with Gasteiger partial charge in [-0.15, -0.1) is 0 Å². The Labute approximate surface area is 126 Å². The van der Waals surface area contributed by atoms with E-state index in [4.69, 9.17) is 4.74 Å². The highest BCUT2D eigenvalue weighted by Crippen LogP contribution is 2.08. The number of nitrogens with one attached hydrogen (secondary N) is 1. The lowest BCUT2D eigenvalue weighted by molar-refractivity contribution is 0.0950. The fraction of sp³-hybridized carbons (Fsp3) is 0.278. The first-order valence-electron chi connectivity index (χ1n) is 7.17. The zero-order valence-corrected chi connectivity index (χ0v) is 12.6. The molecule has 2 aromatic carbocycles. The lowest BCUT2D eigenvalue weighted by atomic mass is 10.1. The molecule has 3 heteroatoms. The predicted molar refractivity (Wildman–Crippen MR) is 84.1 cm³/mol. The molecule has 3 nitrogen and oxygen atoms in total. The van der Waals surface area contributed by atoms with Gasteiger partial charge in [-0.05, 0) is 35.2 Å². The Balaban J connectivity index is 1.95. The first-order chi connectivity index (χ1) is 10.2.